The van der Waals surface area contributed by atoms with Gasteiger partial charge < -0.3 is 5.32 Å². The maximum atomic E-state index is 12.5. The van der Waals surface area contributed by atoms with Crippen molar-refractivity contribution >= 4 is 21.5 Å². The molecule has 0 atom stereocenters. The van der Waals surface area contributed by atoms with Gasteiger partial charge in [0.25, 0.3) is 0 Å². The first kappa shape index (κ1) is 20.9. The SMILES string of the molecule is CCN(CC)S(=O)(=O)c1ccc(NC=CC(=O)c2cc(C)ccc2C)cc1. The van der Waals surface area contributed by atoms with Gasteiger partial charge in [0.05, 0.1) is 4.90 Å². The van der Waals surface area contributed by atoms with E-state index in [1.165, 1.54) is 10.4 Å². The summed E-state index contributed by atoms with van der Waals surface area (Å²) in [6, 6.07) is 12.3. The number of carbonyl (C=O) groups excluding carboxylic acids is 1. The highest BCUT2D eigenvalue weighted by molar-refractivity contribution is 7.89. The van der Waals surface area contributed by atoms with Crippen molar-refractivity contribution < 1.29 is 13.2 Å². The first-order chi connectivity index (χ1) is 12.8. The molecule has 6 heteroatoms. The molecule has 0 aromatic heterocycles. The average molecular weight is 387 g/mol. The van der Waals surface area contributed by atoms with Crippen LogP contribution in [0.2, 0.25) is 0 Å². The molecule has 5 nitrogen and oxygen atoms in total. The standard InChI is InChI=1S/C21H26N2O3S/c1-5-23(6-2)27(25,26)19-11-9-18(10-12-19)22-14-13-21(24)20-15-16(3)7-8-17(20)4/h7-15,22H,5-6H2,1-4H3. The molecule has 144 valence electrons. The summed E-state index contributed by atoms with van der Waals surface area (Å²) >= 11 is 0. The Morgan fingerprint density at radius 2 is 1.67 bits per heavy atom. The third-order valence-electron chi connectivity index (χ3n) is 4.34. The van der Waals surface area contributed by atoms with Crippen LogP contribution in [0.15, 0.2) is 59.6 Å². The number of anilines is 1. The molecule has 1 N–H and O–H groups in total. The Bertz CT molecular complexity index is 928. The van der Waals surface area contributed by atoms with E-state index in [2.05, 4.69) is 5.32 Å². The molecule has 0 amide bonds. The smallest absolute Gasteiger partial charge is 0.243 e. The van der Waals surface area contributed by atoms with Gasteiger partial charge in [-0.05, 0) is 49.7 Å². The van der Waals surface area contributed by atoms with Crippen molar-refractivity contribution in [1.82, 2.24) is 4.31 Å². The van der Waals surface area contributed by atoms with Crippen LogP contribution >= 0.6 is 0 Å². The van der Waals surface area contributed by atoms with Crippen LogP contribution in [-0.2, 0) is 10.0 Å². The topological polar surface area (TPSA) is 66.5 Å². The Kier molecular flexibility index (Phi) is 6.93. The van der Waals surface area contributed by atoms with Crippen molar-refractivity contribution in [2.24, 2.45) is 0 Å². The van der Waals surface area contributed by atoms with Crippen LogP contribution in [0.4, 0.5) is 5.69 Å². The van der Waals surface area contributed by atoms with Gasteiger partial charge in [-0.2, -0.15) is 4.31 Å². The number of nitrogens with one attached hydrogen (secondary N) is 1. The van der Waals surface area contributed by atoms with Gasteiger partial charge in [0.1, 0.15) is 0 Å². The highest BCUT2D eigenvalue weighted by Gasteiger charge is 2.20. The predicted molar refractivity (Wildman–Crippen MR) is 110 cm³/mol. The third-order valence-corrected chi connectivity index (χ3v) is 6.40. The molecule has 0 saturated heterocycles. The number of rotatable bonds is 8. The molecule has 0 unspecified atom stereocenters. The lowest BCUT2D eigenvalue weighted by Gasteiger charge is -2.18. The number of carbonyl (C=O) groups is 1. The van der Waals surface area contributed by atoms with Gasteiger partial charge in [0, 0.05) is 36.6 Å². The quantitative estimate of drug-likeness (QED) is 0.547. The monoisotopic (exact) mass is 386 g/mol. The number of hydrogen-bond acceptors (Lipinski definition) is 4. The van der Waals surface area contributed by atoms with Gasteiger partial charge in [-0.15, -0.1) is 0 Å². The number of nitrogens with zero attached hydrogens (tertiary/aromatic N) is 1. The van der Waals surface area contributed by atoms with Crippen molar-refractivity contribution in [3.63, 3.8) is 0 Å². The number of ketones is 1. The fourth-order valence-electron chi connectivity index (χ4n) is 2.74. The molecule has 27 heavy (non-hydrogen) atoms. The highest BCUT2D eigenvalue weighted by Crippen LogP contribution is 2.18. The van der Waals surface area contributed by atoms with Gasteiger partial charge in [0.2, 0.25) is 10.0 Å². The fraction of sp³-hybridized carbons (Fsp3) is 0.286. The molecule has 0 aliphatic carbocycles. The molecule has 2 aromatic rings. The van der Waals surface area contributed by atoms with Crippen molar-refractivity contribution in [3.05, 3.63) is 71.4 Å². The summed E-state index contributed by atoms with van der Waals surface area (Å²) in [6.45, 7) is 8.35. The summed E-state index contributed by atoms with van der Waals surface area (Å²) in [5.74, 6) is -0.0792. The van der Waals surface area contributed by atoms with Crippen LogP contribution in [-0.4, -0.2) is 31.6 Å². The normalized spacial score (nSPS) is 11.9. The zero-order valence-corrected chi connectivity index (χ0v) is 17.0. The van der Waals surface area contributed by atoms with Gasteiger partial charge in [-0.1, -0.05) is 31.5 Å². The maximum Gasteiger partial charge on any atom is 0.243 e. The molecule has 0 fully saturated rings. The molecule has 0 aliphatic heterocycles. The Morgan fingerprint density at radius 1 is 1.04 bits per heavy atom. The van der Waals surface area contributed by atoms with Crippen molar-refractivity contribution in [3.8, 4) is 0 Å². The number of hydrogen-bond donors (Lipinski definition) is 1. The van der Waals surface area contributed by atoms with E-state index in [9.17, 15) is 13.2 Å². The van der Waals surface area contributed by atoms with E-state index in [1.54, 1.807) is 30.5 Å². The molecule has 0 bridgehead atoms. The summed E-state index contributed by atoms with van der Waals surface area (Å²) < 4.78 is 26.4. The first-order valence-corrected chi connectivity index (χ1v) is 10.4. The summed E-state index contributed by atoms with van der Waals surface area (Å²) in [5.41, 5.74) is 3.35. The lowest BCUT2D eigenvalue weighted by molar-refractivity contribution is 0.104. The van der Waals surface area contributed by atoms with E-state index in [0.717, 1.165) is 11.1 Å². The van der Waals surface area contributed by atoms with Crippen LogP contribution in [0.3, 0.4) is 0 Å². The van der Waals surface area contributed by atoms with E-state index in [-0.39, 0.29) is 10.7 Å². The van der Waals surface area contributed by atoms with Crippen LogP contribution in [0.1, 0.15) is 35.3 Å². The molecular formula is C21H26N2O3S. The van der Waals surface area contributed by atoms with E-state index in [4.69, 9.17) is 0 Å². The van der Waals surface area contributed by atoms with E-state index >= 15 is 0 Å². The number of benzene rings is 2. The second-order valence-corrected chi connectivity index (χ2v) is 8.21. The van der Waals surface area contributed by atoms with E-state index in [0.29, 0.717) is 24.3 Å². The molecule has 0 saturated carbocycles. The van der Waals surface area contributed by atoms with E-state index in [1.807, 2.05) is 45.9 Å². The van der Waals surface area contributed by atoms with Crippen molar-refractivity contribution in [2.75, 3.05) is 18.4 Å². The largest absolute Gasteiger partial charge is 0.362 e. The molecule has 2 aromatic carbocycles. The minimum atomic E-state index is -3.46. The van der Waals surface area contributed by atoms with Gasteiger partial charge in [-0.25, -0.2) is 8.42 Å². The summed E-state index contributed by atoms with van der Waals surface area (Å²) in [6.07, 6.45) is 3.04. The number of allylic oxidation sites excluding steroid dienone is 1. The zero-order valence-electron chi connectivity index (χ0n) is 16.2. The highest BCUT2D eigenvalue weighted by atomic mass is 32.2. The Hall–Kier alpha value is -2.44. The zero-order chi connectivity index (χ0) is 20.0. The van der Waals surface area contributed by atoms with Crippen molar-refractivity contribution in [2.45, 2.75) is 32.6 Å². The molecule has 0 radical (unpaired) electrons. The van der Waals surface area contributed by atoms with E-state index < -0.39 is 10.0 Å². The van der Waals surface area contributed by atoms with Crippen LogP contribution in [0.5, 0.6) is 0 Å². The Labute approximate surface area is 161 Å². The molecule has 2 rings (SSSR count). The lowest BCUT2D eigenvalue weighted by atomic mass is 10.0. The molecule has 0 heterocycles. The Balaban J connectivity index is 2.08. The van der Waals surface area contributed by atoms with Gasteiger partial charge in [-0.3, -0.25) is 4.79 Å². The maximum absolute atomic E-state index is 12.5. The average Bonchev–Trinajstić information content (AvgIpc) is 2.64. The first-order valence-electron chi connectivity index (χ1n) is 8.94. The van der Waals surface area contributed by atoms with Gasteiger partial charge in [0.15, 0.2) is 5.78 Å². The van der Waals surface area contributed by atoms with Gasteiger partial charge >= 0.3 is 0 Å². The second-order valence-electron chi connectivity index (χ2n) is 6.27. The summed E-state index contributed by atoms with van der Waals surface area (Å²) in [4.78, 5) is 12.6. The van der Waals surface area contributed by atoms with Crippen LogP contribution in [0, 0.1) is 13.8 Å². The van der Waals surface area contributed by atoms with Crippen LogP contribution in [0.25, 0.3) is 0 Å². The lowest BCUT2D eigenvalue weighted by Crippen LogP contribution is -2.30. The number of aryl methyl sites for hydroxylation is 2. The van der Waals surface area contributed by atoms with Crippen molar-refractivity contribution in [1.29, 1.82) is 0 Å². The third kappa shape index (κ3) is 5.05. The summed E-state index contributed by atoms with van der Waals surface area (Å²) in [7, 11) is -3.46. The predicted octanol–water partition coefficient (Wildman–Crippen LogP) is 4.14. The fourth-order valence-corrected chi connectivity index (χ4v) is 4.20. The second kappa shape index (κ2) is 8.97. The minimum absolute atomic E-state index is 0.0792. The van der Waals surface area contributed by atoms with Crippen LogP contribution < -0.4 is 5.32 Å². The molecular weight excluding hydrogens is 360 g/mol. The molecule has 0 spiro atoms. The Morgan fingerprint density at radius 3 is 2.26 bits per heavy atom. The summed E-state index contributed by atoms with van der Waals surface area (Å²) in [5, 5.41) is 3.01. The number of sulfonamides is 1. The minimum Gasteiger partial charge on any atom is -0.362 e. The molecule has 0 aliphatic rings.